The second-order valence-electron chi connectivity index (χ2n) is 6.91. The fraction of sp³-hybridized carbons (Fsp3) is 0.632. The molecule has 1 aromatic carbocycles. The van der Waals surface area contributed by atoms with Gasteiger partial charge < -0.3 is 20.1 Å². The van der Waals surface area contributed by atoms with E-state index in [2.05, 4.69) is 15.6 Å². The highest BCUT2D eigenvalue weighted by Crippen LogP contribution is 2.28. The molecule has 27 heavy (non-hydrogen) atoms. The minimum absolute atomic E-state index is 0.293. The minimum Gasteiger partial charge on any atom is -0.493 e. The Hall–Kier alpha value is -1.96. The summed E-state index contributed by atoms with van der Waals surface area (Å²) in [7, 11) is 0.148. The van der Waals surface area contributed by atoms with Crippen LogP contribution in [0.3, 0.4) is 0 Å². The largest absolute Gasteiger partial charge is 0.493 e. The van der Waals surface area contributed by atoms with Gasteiger partial charge in [0.05, 0.1) is 18.5 Å². The maximum Gasteiger partial charge on any atom is 0.191 e. The van der Waals surface area contributed by atoms with Crippen LogP contribution in [0.5, 0.6) is 11.5 Å². The lowest BCUT2D eigenvalue weighted by Gasteiger charge is -2.24. The van der Waals surface area contributed by atoms with Crippen LogP contribution in [0, 0.1) is 0 Å². The van der Waals surface area contributed by atoms with Crippen molar-refractivity contribution in [2.75, 3.05) is 40.1 Å². The molecule has 0 aliphatic heterocycles. The van der Waals surface area contributed by atoms with Crippen molar-refractivity contribution in [1.82, 2.24) is 10.6 Å². The number of nitrogens with zero attached hydrogens (tertiary/aromatic N) is 1. The van der Waals surface area contributed by atoms with Crippen molar-refractivity contribution in [3.8, 4) is 11.5 Å². The summed E-state index contributed by atoms with van der Waals surface area (Å²) >= 11 is 0. The lowest BCUT2D eigenvalue weighted by molar-refractivity contribution is 0.310. The normalized spacial score (nSPS) is 12.6. The number of benzene rings is 1. The van der Waals surface area contributed by atoms with E-state index < -0.39 is 14.6 Å². The van der Waals surface area contributed by atoms with Crippen molar-refractivity contribution in [3.63, 3.8) is 0 Å². The standard InChI is InChI=1S/C19H33N3O4S/c1-7-26-17-13-15(10-11-16(17)25-5)9-8-12-21-18(20-4)22-14-19(2,3)27(6,23)24/h10-11,13H,7-9,12,14H2,1-6H3,(H2,20,21,22). The summed E-state index contributed by atoms with van der Waals surface area (Å²) in [5.74, 6) is 2.08. The van der Waals surface area contributed by atoms with Gasteiger partial charge in [-0.1, -0.05) is 6.07 Å². The number of hydrogen-bond acceptors (Lipinski definition) is 5. The van der Waals surface area contributed by atoms with Gasteiger partial charge in [-0.05, 0) is 51.3 Å². The van der Waals surface area contributed by atoms with Gasteiger partial charge in [-0.25, -0.2) is 8.42 Å². The van der Waals surface area contributed by atoms with E-state index >= 15 is 0 Å². The van der Waals surface area contributed by atoms with Crippen LogP contribution in [-0.4, -0.2) is 59.2 Å². The zero-order chi connectivity index (χ0) is 20.5. The highest BCUT2D eigenvalue weighted by atomic mass is 32.2. The monoisotopic (exact) mass is 399 g/mol. The van der Waals surface area contributed by atoms with Crippen LogP contribution in [0.15, 0.2) is 23.2 Å². The second kappa shape index (κ2) is 10.4. The molecular weight excluding hydrogens is 366 g/mol. The van der Waals surface area contributed by atoms with Crippen LogP contribution in [0.1, 0.15) is 32.8 Å². The van der Waals surface area contributed by atoms with Gasteiger partial charge in [-0.3, -0.25) is 4.99 Å². The number of aryl methyl sites for hydroxylation is 1. The Balaban J connectivity index is 2.49. The summed E-state index contributed by atoms with van der Waals surface area (Å²) in [6.45, 7) is 6.94. The van der Waals surface area contributed by atoms with Crippen LogP contribution in [0.2, 0.25) is 0 Å². The Kier molecular flexibility index (Phi) is 8.88. The summed E-state index contributed by atoms with van der Waals surface area (Å²) in [5, 5.41) is 6.29. The first-order chi connectivity index (χ1) is 12.6. The van der Waals surface area contributed by atoms with Crippen molar-refractivity contribution in [2.24, 2.45) is 4.99 Å². The average molecular weight is 400 g/mol. The summed E-state index contributed by atoms with van der Waals surface area (Å²) in [6, 6.07) is 5.95. The van der Waals surface area contributed by atoms with E-state index in [9.17, 15) is 8.42 Å². The van der Waals surface area contributed by atoms with Gasteiger partial charge in [0.25, 0.3) is 0 Å². The Bertz CT molecular complexity index is 730. The molecule has 1 rings (SSSR count). The molecule has 2 N–H and O–H groups in total. The summed E-state index contributed by atoms with van der Waals surface area (Å²) < 4.78 is 33.6. The molecule has 1 aromatic rings. The van der Waals surface area contributed by atoms with Crippen molar-refractivity contribution in [3.05, 3.63) is 23.8 Å². The molecule has 7 nitrogen and oxygen atoms in total. The molecule has 0 bridgehead atoms. The average Bonchev–Trinajstić information content (AvgIpc) is 2.60. The van der Waals surface area contributed by atoms with Crippen LogP contribution >= 0.6 is 0 Å². The van der Waals surface area contributed by atoms with E-state index in [-0.39, 0.29) is 0 Å². The van der Waals surface area contributed by atoms with Crippen molar-refractivity contribution >= 4 is 15.8 Å². The van der Waals surface area contributed by atoms with Crippen LogP contribution < -0.4 is 20.1 Å². The zero-order valence-corrected chi connectivity index (χ0v) is 18.1. The zero-order valence-electron chi connectivity index (χ0n) is 17.3. The lowest BCUT2D eigenvalue weighted by atomic mass is 10.1. The summed E-state index contributed by atoms with van der Waals surface area (Å²) in [6.07, 6.45) is 3.02. The third-order valence-corrected chi connectivity index (χ3v) is 6.52. The second-order valence-corrected chi connectivity index (χ2v) is 9.56. The molecular formula is C19H33N3O4S. The van der Waals surface area contributed by atoms with Crippen molar-refractivity contribution in [2.45, 2.75) is 38.4 Å². The quantitative estimate of drug-likeness (QED) is 0.355. The first-order valence-electron chi connectivity index (χ1n) is 9.08. The minimum atomic E-state index is -3.15. The van der Waals surface area contributed by atoms with Crippen LogP contribution in [0.4, 0.5) is 0 Å². The highest BCUT2D eigenvalue weighted by Gasteiger charge is 2.30. The van der Waals surface area contributed by atoms with Gasteiger partial charge in [0, 0.05) is 26.4 Å². The van der Waals surface area contributed by atoms with Crippen molar-refractivity contribution in [1.29, 1.82) is 0 Å². The van der Waals surface area contributed by atoms with Crippen molar-refractivity contribution < 1.29 is 17.9 Å². The third kappa shape index (κ3) is 7.28. The summed E-state index contributed by atoms with van der Waals surface area (Å²) in [4.78, 5) is 4.14. The molecule has 0 atom stereocenters. The molecule has 0 spiro atoms. The Labute approximate surface area is 163 Å². The molecule has 0 aliphatic rings. The summed E-state index contributed by atoms with van der Waals surface area (Å²) in [5.41, 5.74) is 1.17. The predicted octanol–water partition coefficient (Wildman–Crippen LogP) is 2.01. The fourth-order valence-corrected chi connectivity index (χ4v) is 2.63. The van der Waals surface area contributed by atoms with Crippen LogP contribution in [0.25, 0.3) is 0 Å². The number of methoxy groups -OCH3 is 1. The van der Waals surface area contributed by atoms with E-state index in [1.165, 1.54) is 11.8 Å². The molecule has 0 aromatic heterocycles. The first kappa shape index (κ1) is 23.1. The topological polar surface area (TPSA) is 89.0 Å². The molecule has 0 saturated heterocycles. The van der Waals surface area contributed by atoms with Crippen LogP contribution in [-0.2, 0) is 16.3 Å². The van der Waals surface area contributed by atoms with Gasteiger partial charge in [0.2, 0.25) is 0 Å². The van der Waals surface area contributed by atoms with Gasteiger partial charge in [0.15, 0.2) is 27.3 Å². The Morgan fingerprint density at radius 1 is 1.22 bits per heavy atom. The van der Waals surface area contributed by atoms with E-state index in [1.54, 1.807) is 28.0 Å². The number of rotatable bonds is 10. The molecule has 0 unspecified atom stereocenters. The molecule has 0 saturated carbocycles. The fourth-order valence-electron chi connectivity index (χ4n) is 2.29. The van der Waals surface area contributed by atoms with Gasteiger partial charge in [-0.15, -0.1) is 0 Å². The van der Waals surface area contributed by atoms with E-state index in [1.807, 2.05) is 25.1 Å². The number of aliphatic imine (C=N–C) groups is 1. The number of sulfone groups is 1. The molecule has 0 radical (unpaired) electrons. The highest BCUT2D eigenvalue weighted by molar-refractivity contribution is 7.92. The van der Waals surface area contributed by atoms with E-state index in [0.717, 1.165) is 30.9 Å². The van der Waals surface area contributed by atoms with Gasteiger partial charge in [-0.2, -0.15) is 0 Å². The molecule has 0 heterocycles. The van der Waals surface area contributed by atoms with E-state index in [4.69, 9.17) is 9.47 Å². The maximum absolute atomic E-state index is 11.8. The lowest BCUT2D eigenvalue weighted by Crippen LogP contribution is -2.47. The predicted molar refractivity (Wildman–Crippen MR) is 111 cm³/mol. The van der Waals surface area contributed by atoms with Gasteiger partial charge in [0.1, 0.15) is 0 Å². The molecule has 0 aliphatic carbocycles. The number of nitrogens with one attached hydrogen (secondary N) is 2. The molecule has 0 amide bonds. The molecule has 154 valence electrons. The van der Waals surface area contributed by atoms with Gasteiger partial charge >= 0.3 is 0 Å². The third-order valence-electron chi connectivity index (χ3n) is 4.37. The number of ether oxygens (including phenoxy) is 2. The van der Waals surface area contributed by atoms with E-state index in [0.29, 0.717) is 19.1 Å². The first-order valence-corrected chi connectivity index (χ1v) is 11.0. The number of guanidine groups is 1. The SMILES string of the molecule is CCOc1cc(CCCNC(=NC)NCC(C)(C)S(C)(=O)=O)ccc1OC. The smallest absolute Gasteiger partial charge is 0.191 e. The number of hydrogen-bond donors (Lipinski definition) is 2. The molecule has 0 fully saturated rings. The molecule has 8 heteroatoms. The maximum atomic E-state index is 11.8. The Morgan fingerprint density at radius 3 is 2.48 bits per heavy atom. The Morgan fingerprint density at radius 2 is 1.93 bits per heavy atom.